The number of benzene rings is 3. The molecular weight excluding hydrogens is 374 g/mol. The summed E-state index contributed by atoms with van der Waals surface area (Å²) in [4.78, 5) is 0. The standard InChI is InChI=1S/C30H29N/c1-21-2-10-27(11-3-21)29-15-23-14-24(16-29)18-30(17-23,20-29)28-12-8-26(9-13-28)25-6-4-22(19-31)5-7-25/h2-13,23-24H,14-18,20H2,1H3. The molecule has 4 aliphatic carbocycles. The molecule has 0 N–H and O–H groups in total. The Hall–Kier alpha value is -2.85. The summed E-state index contributed by atoms with van der Waals surface area (Å²) in [7, 11) is 0. The van der Waals surface area contributed by atoms with Crippen LogP contribution in [0.3, 0.4) is 0 Å². The molecule has 0 aromatic heterocycles. The van der Waals surface area contributed by atoms with Gasteiger partial charge in [-0.2, -0.15) is 5.26 Å². The minimum Gasteiger partial charge on any atom is -0.192 e. The second kappa shape index (κ2) is 6.83. The van der Waals surface area contributed by atoms with Gasteiger partial charge in [-0.15, -0.1) is 0 Å². The van der Waals surface area contributed by atoms with Crippen LogP contribution in [0.5, 0.6) is 0 Å². The van der Waals surface area contributed by atoms with E-state index in [9.17, 15) is 0 Å². The summed E-state index contributed by atoms with van der Waals surface area (Å²) in [6.45, 7) is 2.19. The highest BCUT2D eigenvalue weighted by Crippen LogP contribution is 2.66. The van der Waals surface area contributed by atoms with Gasteiger partial charge >= 0.3 is 0 Å². The van der Waals surface area contributed by atoms with E-state index in [2.05, 4.69) is 73.7 Å². The van der Waals surface area contributed by atoms with Crippen molar-refractivity contribution in [2.75, 3.05) is 0 Å². The lowest BCUT2D eigenvalue weighted by Crippen LogP contribution is -2.55. The van der Waals surface area contributed by atoms with Crippen LogP contribution in [0.15, 0.2) is 72.8 Å². The minimum atomic E-state index is 0.345. The molecule has 0 saturated heterocycles. The van der Waals surface area contributed by atoms with Gasteiger partial charge in [0.15, 0.2) is 0 Å². The molecule has 7 rings (SSSR count). The Balaban J connectivity index is 1.35. The number of aryl methyl sites for hydroxylation is 1. The fraction of sp³-hybridized carbons (Fsp3) is 0.367. The van der Waals surface area contributed by atoms with Gasteiger partial charge in [0.1, 0.15) is 0 Å². The van der Waals surface area contributed by atoms with E-state index in [4.69, 9.17) is 5.26 Å². The summed E-state index contributed by atoms with van der Waals surface area (Å²) in [5.41, 5.74) is 8.37. The number of hydrogen-bond acceptors (Lipinski definition) is 1. The van der Waals surface area contributed by atoms with Crippen LogP contribution in [0.25, 0.3) is 11.1 Å². The van der Waals surface area contributed by atoms with E-state index >= 15 is 0 Å². The van der Waals surface area contributed by atoms with E-state index in [1.807, 2.05) is 12.1 Å². The van der Waals surface area contributed by atoms with Gasteiger partial charge in [-0.25, -0.2) is 0 Å². The van der Waals surface area contributed by atoms with Crippen LogP contribution in [0.2, 0.25) is 0 Å². The summed E-state index contributed by atoms with van der Waals surface area (Å²) in [5, 5.41) is 9.05. The molecule has 4 saturated carbocycles. The molecular formula is C30H29N. The molecule has 0 amide bonds. The Morgan fingerprint density at radius 3 is 1.61 bits per heavy atom. The molecule has 4 aliphatic rings. The topological polar surface area (TPSA) is 23.8 Å². The Kier molecular flexibility index (Phi) is 4.16. The SMILES string of the molecule is Cc1ccc(C23CC4CC(C2)CC(c2ccc(-c5ccc(C#N)cc5)cc2)(C4)C3)cc1. The summed E-state index contributed by atoms with van der Waals surface area (Å²) in [5.74, 6) is 1.75. The molecule has 1 heteroatoms. The van der Waals surface area contributed by atoms with Gasteiger partial charge < -0.3 is 0 Å². The maximum Gasteiger partial charge on any atom is 0.0991 e. The zero-order valence-corrected chi connectivity index (χ0v) is 18.3. The van der Waals surface area contributed by atoms with Crippen molar-refractivity contribution in [3.63, 3.8) is 0 Å². The van der Waals surface area contributed by atoms with Crippen LogP contribution >= 0.6 is 0 Å². The molecule has 0 heterocycles. The lowest BCUT2D eigenvalue weighted by Gasteiger charge is -2.63. The molecule has 4 fully saturated rings. The normalized spacial score (nSPS) is 30.8. The Labute approximate surface area is 185 Å². The van der Waals surface area contributed by atoms with Crippen LogP contribution in [0, 0.1) is 30.1 Å². The summed E-state index contributed by atoms with van der Waals surface area (Å²) >= 11 is 0. The average molecular weight is 404 g/mol. The number of rotatable bonds is 3. The van der Waals surface area contributed by atoms with E-state index in [-0.39, 0.29) is 0 Å². The zero-order chi connectivity index (χ0) is 21.1. The molecule has 1 nitrogen and oxygen atoms in total. The molecule has 0 spiro atoms. The molecule has 3 aromatic carbocycles. The van der Waals surface area contributed by atoms with E-state index in [1.54, 1.807) is 11.1 Å². The summed E-state index contributed by atoms with van der Waals surface area (Å²) in [6, 6.07) is 29.0. The average Bonchev–Trinajstić information content (AvgIpc) is 2.79. The van der Waals surface area contributed by atoms with Crippen molar-refractivity contribution in [1.29, 1.82) is 5.26 Å². The molecule has 4 bridgehead atoms. The van der Waals surface area contributed by atoms with Crippen LogP contribution in [0.1, 0.15) is 60.8 Å². The first kappa shape index (κ1) is 18.9. The third-order valence-corrected chi connectivity index (χ3v) is 8.57. The molecule has 2 atom stereocenters. The summed E-state index contributed by atoms with van der Waals surface area (Å²) < 4.78 is 0. The van der Waals surface area contributed by atoms with E-state index in [0.29, 0.717) is 10.8 Å². The van der Waals surface area contributed by atoms with Crippen LogP contribution in [-0.2, 0) is 10.8 Å². The van der Waals surface area contributed by atoms with Crippen molar-refractivity contribution < 1.29 is 0 Å². The smallest absolute Gasteiger partial charge is 0.0991 e. The third kappa shape index (κ3) is 3.04. The quantitative estimate of drug-likeness (QED) is 0.449. The van der Waals surface area contributed by atoms with Gasteiger partial charge in [0, 0.05) is 0 Å². The number of nitrogens with zero attached hydrogens (tertiary/aromatic N) is 1. The van der Waals surface area contributed by atoms with Gasteiger partial charge in [-0.05, 0) is 103 Å². The largest absolute Gasteiger partial charge is 0.192 e. The van der Waals surface area contributed by atoms with Gasteiger partial charge in [-0.3, -0.25) is 0 Å². The van der Waals surface area contributed by atoms with Crippen molar-refractivity contribution in [3.8, 4) is 17.2 Å². The fourth-order valence-electron chi connectivity index (χ4n) is 7.60. The maximum absolute atomic E-state index is 9.05. The van der Waals surface area contributed by atoms with E-state index in [0.717, 1.165) is 17.4 Å². The molecule has 3 aromatic rings. The highest BCUT2D eigenvalue weighted by Gasteiger charge is 2.58. The van der Waals surface area contributed by atoms with Crippen molar-refractivity contribution >= 4 is 0 Å². The van der Waals surface area contributed by atoms with Crippen LogP contribution in [-0.4, -0.2) is 0 Å². The van der Waals surface area contributed by atoms with Gasteiger partial charge in [0.05, 0.1) is 11.6 Å². The predicted molar refractivity (Wildman–Crippen MR) is 126 cm³/mol. The molecule has 31 heavy (non-hydrogen) atoms. The van der Waals surface area contributed by atoms with Gasteiger partial charge in [0.25, 0.3) is 0 Å². The Morgan fingerprint density at radius 2 is 1.13 bits per heavy atom. The highest BCUT2D eigenvalue weighted by molar-refractivity contribution is 5.65. The van der Waals surface area contributed by atoms with Gasteiger partial charge in [-0.1, -0.05) is 66.2 Å². The first-order valence-electron chi connectivity index (χ1n) is 11.8. The first-order chi connectivity index (χ1) is 15.1. The van der Waals surface area contributed by atoms with Crippen molar-refractivity contribution in [3.05, 3.63) is 95.1 Å². The van der Waals surface area contributed by atoms with E-state index in [1.165, 1.54) is 55.2 Å². The zero-order valence-electron chi connectivity index (χ0n) is 18.3. The Morgan fingerprint density at radius 1 is 0.677 bits per heavy atom. The third-order valence-electron chi connectivity index (χ3n) is 8.57. The lowest BCUT2D eigenvalue weighted by atomic mass is 9.41. The van der Waals surface area contributed by atoms with Crippen molar-refractivity contribution in [2.45, 2.75) is 56.3 Å². The maximum atomic E-state index is 9.05. The fourth-order valence-corrected chi connectivity index (χ4v) is 7.60. The summed E-state index contributed by atoms with van der Waals surface area (Å²) in [6.07, 6.45) is 8.26. The van der Waals surface area contributed by atoms with Crippen molar-refractivity contribution in [1.82, 2.24) is 0 Å². The lowest BCUT2D eigenvalue weighted by molar-refractivity contribution is -0.0281. The molecule has 0 radical (unpaired) electrons. The highest BCUT2D eigenvalue weighted by atomic mass is 14.6. The van der Waals surface area contributed by atoms with Crippen molar-refractivity contribution in [2.24, 2.45) is 11.8 Å². The van der Waals surface area contributed by atoms with Crippen LogP contribution < -0.4 is 0 Å². The van der Waals surface area contributed by atoms with Crippen LogP contribution in [0.4, 0.5) is 0 Å². The minimum absolute atomic E-state index is 0.345. The monoisotopic (exact) mass is 403 g/mol. The number of nitriles is 1. The second-order valence-corrected chi connectivity index (χ2v) is 10.7. The van der Waals surface area contributed by atoms with Gasteiger partial charge in [0.2, 0.25) is 0 Å². The van der Waals surface area contributed by atoms with E-state index < -0.39 is 0 Å². The first-order valence-corrected chi connectivity index (χ1v) is 11.8. The molecule has 2 unspecified atom stereocenters. The molecule has 154 valence electrons. The number of hydrogen-bond donors (Lipinski definition) is 0. The predicted octanol–water partition coefficient (Wildman–Crippen LogP) is 7.32. The molecule has 0 aliphatic heterocycles. The Bertz CT molecular complexity index is 1130. The second-order valence-electron chi connectivity index (χ2n) is 10.7.